The number of aliphatic hydroxyl groups is 1. The maximum Gasteiger partial charge on any atom is 0.216 e. The van der Waals surface area contributed by atoms with Crippen LogP contribution in [0.25, 0.3) is 0 Å². The molecule has 1 saturated carbocycles. The van der Waals surface area contributed by atoms with E-state index in [1.807, 2.05) is 0 Å². The summed E-state index contributed by atoms with van der Waals surface area (Å²) < 4.78 is 26.5. The molecule has 0 saturated heterocycles. The number of rotatable bonds is 6. The van der Waals surface area contributed by atoms with Crippen molar-refractivity contribution >= 4 is 10.0 Å². The molecular weight excluding hydrogens is 250 g/mol. The molecule has 0 spiro atoms. The molecule has 0 aromatic heterocycles. The first-order valence-electron chi connectivity index (χ1n) is 6.22. The van der Waals surface area contributed by atoms with Gasteiger partial charge in [-0.15, -0.1) is 0 Å². The normalized spacial score (nSPS) is 23.0. The van der Waals surface area contributed by atoms with Crippen molar-refractivity contribution in [3.63, 3.8) is 0 Å². The number of aliphatic hydroxyl groups excluding tert-OH is 1. The van der Waals surface area contributed by atoms with Crippen molar-refractivity contribution in [1.82, 2.24) is 4.72 Å². The predicted molar refractivity (Wildman–Crippen MR) is 70.3 cm³/mol. The van der Waals surface area contributed by atoms with Crippen LogP contribution in [0.2, 0.25) is 0 Å². The largest absolute Gasteiger partial charge is 0.392 e. The summed E-state index contributed by atoms with van der Waals surface area (Å²) in [6.45, 7) is 2.05. The lowest BCUT2D eigenvalue weighted by Crippen LogP contribution is -2.28. The number of hydrogen-bond donors (Lipinski definition) is 2. The molecule has 2 unspecified atom stereocenters. The summed E-state index contributed by atoms with van der Waals surface area (Å²) in [5.41, 5.74) is 1.53. The monoisotopic (exact) mass is 269 g/mol. The Labute approximate surface area is 108 Å². The van der Waals surface area contributed by atoms with Gasteiger partial charge in [-0.25, -0.2) is 13.1 Å². The Morgan fingerprint density at radius 3 is 2.39 bits per heavy atom. The minimum absolute atomic E-state index is 0.00560. The lowest BCUT2D eigenvalue weighted by atomic mass is 10.2. The average molecular weight is 269 g/mol. The second-order valence-corrected chi connectivity index (χ2v) is 6.62. The van der Waals surface area contributed by atoms with E-state index < -0.39 is 10.0 Å². The summed E-state index contributed by atoms with van der Waals surface area (Å²) in [5, 5.41) is 8.91. The minimum atomic E-state index is -3.25. The van der Waals surface area contributed by atoms with Crippen LogP contribution in [0.15, 0.2) is 24.3 Å². The van der Waals surface area contributed by atoms with Crippen molar-refractivity contribution in [3.8, 4) is 0 Å². The van der Waals surface area contributed by atoms with Gasteiger partial charge in [0.15, 0.2) is 0 Å². The SMILES string of the molecule is CCC1CC1NS(=O)(=O)Cc1ccc(CO)cc1. The average Bonchev–Trinajstić information content (AvgIpc) is 3.07. The van der Waals surface area contributed by atoms with Gasteiger partial charge in [0.25, 0.3) is 0 Å². The van der Waals surface area contributed by atoms with E-state index in [0.29, 0.717) is 5.92 Å². The van der Waals surface area contributed by atoms with Crippen molar-refractivity contribution in [2.75, 3.05) is 0 Å². The Kier molecular flexibility index (Phi) is 4.04. The first-order valence-corrected chi connectivity index (χ1v) is 7.88. The molecule has 0 amide bonds. The van der Waals surface area contributed by atoms with E-state index >= 15 is 0 Å². The minimum Gasteiger partial charge on any atom is -0.392 e. The standard InChI is InChI=1S/C13H19NO3S/c1-2-12-7-13(12)14-18(16,17)9-11-5-3-10(8-15)4-6-11/h3-6,12-15H,2,7-9H2,1H3. The van der Waals surface area contributed by atoms with Crippen LogP contribution in [0.1, 0.15) is 30.9 Å². The zero-order valence-electron chi connectivity index (χ0n) is 10.5. The van der Waals surface area contributed by atoms with Crippen molar-refractivity contribution in [2.24, 2.45) is 5.92 Å². The summed E-state index contributed by atoms with van der Waals surface area (Å²) in [4.78, 5) is 0. The van der Waals surface area contributed by atoms with Gasteiger partial charge in [-0.05, 0) is 23.5 Å². The molecule has 1 fully saturated rings. The van der Waals surface area contributed by atoms with Gasteiger partial charge in [-0.1, -0.05) is 37.6 Å². The fourth-order valence-corrected chi connectivity index (χ4v) is 3.54. The number of nitrogens with one attached hydrogen (secondary N) is 1. The Hall–Kier alpha value is -0.910. The summed E-state index contributed by atoms with van der Waals surface area (Å²) >= 11 is 0. The molecular formula is C13H19NO3S. The summed E-state index contributed by atoms with van der Waals surface area (Å²) in [6, 6.07) is 7.12. The molecule has 4 nitrogen and oxygen atoms in total. The molecule has 18 heavy (non-hydrogen) atoms. The molecule has 100 valence electrons. The Morgan fingerprint density at radius 2 is 1.89 bits per heavy atom. The molecule has 2 atom stereocenters. The van der Waals surface area contributed by atoms with Gasteiger partial charge in [0.1, 0.15) is 0 Å². The number of sulfonamides is 1. The van der Waals surface area contributed by atoms with Gasteiger partial charge in [-0.2, -0.15) is 0 Å². The maximum atomic E-state index is 11.9. The van der Waals surface area contributed by atoms with Crippen molar-refractivity contribution in [2.45, 2.75) is 38.2 Å². The number of benzene rings is 1. The Balaban J connectivity index is 1.94. The van der Waals surface area contributed by atoms with Gasteiger partial charge in [-0.3, -0.25) is 0 Å². The molecule has 0 heterocycles. The highest BCUT2D eigenvalue weighted by molar-refractivity contribution is 7.88. The molecule has 2 rings (SSSR count). The lowest BCUT2D eigenvalue weighted by molar-refractivity contribution is 0.282. The van der Waals surface area contributed by atoms with Crippen molar-refractivity contribution < 1.29 is 13.5 Å². The molecule has 1 aliphatic carbocycles. The van der Waals surface area contributed by atoms with Gasteiger partial charge in [0.2, 0.25) is 10.0 Å². The molecule has 0 aliphatic heterocycles. The van der Waals surface area contributed by atoms with E-state index in [1.54, 1.807) is 24.3 Å². The van der Waals surface area contributed by atoms with Crippen LogP contribution < -0.4 is 4.72 Å². The third-order valence-electron chi connectivity index (χ3n) is 3.34. The fourth-order valence-electron chi connectivity index (χ4n) is 2.08. The smallest absolute Gasteiger partial charge is 0.216 e. The fraction of sp³-hybridized carbons (Fsp3) is 0.538. The quantitative estimate of drug-likeness (QED) is 0.820. The zero-order valence-corrected chi connectivity index (χ0v) is 11.3. The summed E-state index contributed by atoms with van der Waals surface area (Å²) in [7, 11) is -3.25. The van der Waals surface area contributed by atoms with E-state index in [2.05, 4.69) is 11.6 Å². The summed E-state index contributed by atoms with van der Waals surface area (Å²) in [6.07, 6.45) is 1.98. The maximum absolute atomic E-state index is 11.9. The van der Waals surface area contributed by atoms with E-state index in [4.69, 9.17) is 5.11 Å². The van der Waals surface area contributed by atoms with E-state index in [0.717, 1.165) is 24.0 Å². The van der Waals surface area contributed by atoms with Gasteiger partial charge >= 0.3 is 0 Å². The van der Waals surface area contributed by atoms with Crippen LogP contribution >= 0.6 is 0 Å². The molecule has 5 heteroatoms. The zero-order chi connectivity index (χ0) is 13.2. The second kappa shape index (κ2) is 5.38. The molecule has 1 aromatic carbocycles. The van der Waals surface area contributed by atoms with E-state index in [1.165, 1.54) is 0 Å². The highest BCUT2D eigenvalue weighted by Crippen LogP contribution is 2.33. The van der Waals surface area contributed by atoms with Crippen LogP contribution in [-0.4, -0.2) is 19.6 Å². The summed E-state index contributed by atoms with van der Waals surface area (Å²) in [5.74, 6) is 0.516. The first-order chi connectivity index (χ1) is 8.54. The number of hydrogen-bond acceptors (Lipinski definition) is 3. The topological polar surface area (TPSA) is 66.4 Å². The Morgan fingerprint density at radius 1 is 1.28 bits per heavy atom. The van der Waals surface area contributed by atoms with Crippen LogP contribution in [0.3, 0.4) is 0 Å². The highest BCUT2D eigenvalue weighted by Gasteiger charge is 2.38. The van der Waals surface area contributed by atoms with Gasteiger partial charge in [0.05, 0.1) is 12.4 Å². The van der Waals surface area contributed by atoms with E-state index in [-0.39, 0.29) is 18.4 Å². The molecule has 2 N–H and O–H groups in total. The first kappa shape index (κ1) is 13.5. The van der Waals surface area contributed by atoms with Crippen molar-refractivity contribution in [3.05, 3.63) is 35.4 Å². The van der Waals surface area contributed by atoms with Crippen LogP contribution in [0, 0.1) is 5.92 Å². The van der Waals surface area contributed by atoms with Crippen LogP contribution in [0.5, 0.6) is 0 Å². The molecule has 1 aromatic rings. The highest BCUT2D eigenvalue weighted by atomic mass is 32.2. The third-order valence-corrected chi connectivity index (χ3v) is 4.72. The van der Waals surface area contributed by atoms with Crippen LogP contribution in [-0.2, 0) is 22.4 Å². The van der Waals surface area contributed by atoms with Crippen LogP contribution in [0.4, 0.5) is 0 Å². The molecule has 0 radical (unpaired) electrons. The van der Waals surface area contributed by atoms with Crippen molar-refractivity contribution in [1.29, 1.82) is 0 Å². The van der Waals surface area contributed by atoms with Gasteiger partial charge < -0.3 is 5.11 Å². The lowest BCUT2D eigenvalue weighted by Gasteiger charge is -2.06. The molecule has 0 bridgehead atoms. The molecule has 1 aliphatic rings. The second-order valence-electron chi connectivity index (χ2n) is 4.86. The predicted octanol–water partition coefficient (Wildman–Crippen LogP) is 1.40. The third kappa shape index (κ3) is 3.54. The Bertz CT molecular complexity index is 495. The van der Waals surface area contributed by atoms with Gasteiger partial charge in [0, 0.05) is 6.04 Å². The van der Waals surface area contributed by atoms with E-state index in [9.17, 15) is 8.42 Å².